The standard InChI is InChI=1S/C32H30BrN5O2S/c1-2-37-17-22-24(35-37)7-6-19-26(22)28-21(16-34-32(28)40)27-20-15-18(30(39)31-23(33)9-14-41-31)5-8-25(20)38(29(19)27)13-12-36-10-3-4-11-36/h5,8-9,14-15,17H,2-4,6-7,10-13,16H2,1H3,(H,34,40). The summed E-state index contributed by atoms with van der Waals surface area (Å²) >= 11 is 5.00. The Morgan fingerprint density at radius 3 is 2.73 bits per heavy atom. The van der Waals surface area contributed by atoms with Crippen LogP contribution in [0.3, 0.4) is 0 Å². The van der Waals surface area contributed by atoms with Crippen LogP contribution in [0.4, 0.5) is 0 Å². The molecular weight excluding hydrogens is 598 g/mol. The summed E-state index contributed by atoms with van der Waals surface area (Å²) in [5.74, 6) is 0.00938. The van der Waals surface area contributed by atoms with E-state index in [-0.39, 0.29) is 11.7 Å². The van der Waals surface area contributed by atoms with E-state index in [1.807, 2.05) is 22.2 Å². The van der Waals surface area contributed by atoms with Crippen LogP contribution >= 0.6 is 27.3 Å². The highest BCUT2D eigenvalue weighted by molar-refractivity contribution is 9.10. The number of ketones is 1. The number of likely N-dealkylation sites (tertiary alicyclic amines) is 1. The lowest BCUT2D eigenvalue weighted by molar-refractivity contribution is 0.0965. The summed E-state index contributed by atoms with van der Waals surface area (Å²) in [6.07, 6.45) is 6.34. The van der Waals surface area contributed by atoms with E-state index < -0.39 is 0 Å². The average Bonchev–Trinajstić information content (AvgIpc) is 3.81. The van der Waals surface area contributed by atoms with Gasteiger partial charge in [-0.1, -0.05) is 0 Å². The molecule has 2 aromatic carbocycles. The van der Waals surface area contributed by atoms with Gasteiger partial charge < -0.3 is 14.8 Å². The molecule has 0 saturated carbocycles. The zero-order chi connectivity index (χ0) is 27.8. The van der Waals surface area contributed by atoms with Gasteiger partial charge in [-0.05, 0) is 102 Å². The molecule has 1 saturated heterocycles. The average molecular weight is 629 g/mol. The largest absolute Gasteiger partial charge is 0.348 e. The van der Waals surface area contributed by atoms with E-state index in [1.165, 1.54) is 35.3 Å². The second-order valence-corrected chi connectivity index (χ2v) is 13.1. The predicted octanol–water partition coefficient (Wildman–Crippen LogP) is 6.17. The fourth-order valence-electron chi connectivity index (χ4n) is 7.21. The number of amides is 1. The minimum atomic E-state index is -0.0111. The van der Waals surface area contributed by atoms with E-state index in [1.54, 1.807) is 0 Å². The number of hydrogen-bond donors (Lipinski definition) is 1. The van der Waals surface area contributed by atoms with Crippen molar-refractivity contribution in [3.05, 3.63) is 73.1 Å². The Labute approximate surface area is 250 Å². The molecule has 1 N–H and O–H groups in total. The second-order valence-electron chi connectivity index (χ2n) is 11.3. The van der Waals surface area contributed by atoms with E-state index in [0.29, 0.717) is 17.0 Å². The van der Waals surface area contributed by atoms with E-state index in [9.17, 15) is 9.59 Å². The first kappa shape index (κ1) is 25.4. The van der Waals surface area contributed by atoms with E-state index in [2.05, 4.69) is 56.0 Å². The van der Waals surface area contributed by atoms with Gasteiger partial charge in [-0.25, -0.2) is 0 Å². The molecule has 5 heterocycles. The quantitative estimate of drug-likeness (QED) is 0.229. The van der Waals surface area contributed by atoms with Crippen LogP contribution < -0.4 is 5.32 Å². The monoisotopic (exact) mass is 627 g/mol. The van der Waals surface area contributed by atoms with Crippen molar-refractivity contribution in [3.8, 4) is 11.1 Å². The van der Waals surface area contributed by atoms with Gasteiger partial charge in [0.25, 0.3) is 5.91 Å². The van der Waals surface area contributed by atoms with Crippen molar-refractivity contribution in [2.24, 2.45) is 0 Å². The van der Waals surface area contributed by atoms with E-state index >= 15 is 0 Å². The van der Waals surface area contributed by atoms with Crippen molar-refractivity contribution in [1.29, 1.82) is 0 Å². The summed E-state index contributed by atoms with van der Waals surface area (Å²) in [6, 6.07) is 8.09. The fraction of sp³-hybridized carbons (Fsp3) is 0.344. The summed E-state index contributed by atoms with van der Waals surface area (Å²) in [7, 11) is 0. The van der Waals surface area contributed by atoms with Crippen molar-refractivity contribution in [1.82, 2.24) is 24.6 Å². The van der Waals surface area contributed by atoms with Gasteiger partial charge in [0, 0.05) is 69.8 Å². The Balaban J connectivity index is 1.42. The van der Waals surface area contributed by atoms with Crippen LogP contribution in [0.25, 0.3) is 32.9 Å². The van der Waals surface area contributed by atoms with Crippen LogP contribution in [-0.4, -0.2) is 50.6 Å². The fourth-order valence-corrected chi connectivity index (χ4v) is 8.73. The third kappa shape index (κ3) is 3.82. The summed E-state index contributed by atoms with van der Waals surface area (Å²) in [5.41, 5.74) is 9.35. The predicted molar refractivity (Wildman–Crippen MR) is 166 cm³/mol. The summed E-state index contributed by atoms with van der Waals surface area (Å²) in [6.45, 7) is 7.56. The number of aromatic nitrogens is 3. The van der Waals surface area contributed by atoms with Crippen LogP contribution in [-0.2, 0) is 32.5 Å². The normalized spacial score (nSPS) is 16.4. The van der Waals surface area contributed by atoms with Gasteiger partial charge in [0.05, 0.1) is 21.7 Å². The van der Waals surface area contributed by atoms with Crippen molar-refractivity contribution >= 4 is 60.8 Å². The first-order chi connectivity index (χ1) is 20.0. The SMILES string of the molecule is CCn1cc2c(n1)CCc1c-2c2c(c3c4cc(C(=O)c5sccc5Br)ccc4n(CCN4CCCC4)c13)CNC2=O. The molecule has 7 nitrogen and oxygen atoms in total. The molecule has 0 atom stereocenters. The van der Waals surface area contributed by atoms with Crippen molar-refractivity contribution in [2.45, 2.75) is 52.2 Å². The number of thiophene rings is 1. The molecule has 0 unspecified atom stereocenters. The number of carbonyl (C=O) groups is 2. The molecule has 0 bridgehead atoms. The van der Waals surface area contributed by atoms with E-state index in [4.69, 9.17) is 5.10 Å². The van der Waals surface area contributed by atoms with Crippen LogP contribution in [0.2, 0.25) is 0 Å². The second kappa shape index (κ2) is 9.64. The molecule has 3 aromatic heterocycles. The van der Waals surface area contributed by atoms with Gasteiger partial charge >= 0.3 is 0 Å². The maximum absolute atomic E-state index is 13.6. The van der Waals surface area contributed by atoms with Gasteiger partial charge in [0.2, 0.25) is 5.78 Å². The molecule has 9 heteroatoms. The first-order valence-electron chi connectivity index (χ1n) is 14.5. The molecule has 2 aliphatic heterocycles. The van der Waals surface area contributed by atoms with Gasteiger partial charge in [0.15, 0.2) is 0 Å². The molecule has 1 fully saturated rings. The van der Waals surface area contributed by atoms with Crippen molar-refractivity contribution < 1.29 is 9.59 Å². The number of benzene rings is 2. The topological polar surface area (TPSA) is 72.2 Å². The number of halogens is 1. The lowest BCUT2D eigenvalue weighted by Crippen LogP contribution is -2.24. The summed E-state index contributed by atoms with van der Waals surface area (Å²) < 4.78 is 5.30. The molecule has 3 aliphatic rings. The highest BCUT2D eigenvalue weighted by Gasteiger charge is 2.35. The molecule has 5 aromatic rings. The number of aryl methyl sites for hydroxylation is 3. The van der Waals surface area contributed by atoms with Crippen molar-refractivity contribution in [3.63, 3.8) is 0 Å². The third-order valence-corrected chi connectivity index (χ3v) is 11.0. The first-order valence-corrected chi connectivity index (χ1v) is 16.2. The zero-order valence-corrected chi connectivity index (χ0v) is 25.3. The number of rotatable bonds is 6. The Hall–Kier alpha value is -3.27. The molecular formula is C32H30BrN5O2S. The molecule has 8 rings (SSSR count). The molecule has 41 heavy (non-hydrogen) atoms. The highest BCUT2D eigenvalue weighted by atomic mass is 79.9. The number of nitrogens with one attached hydrogen (secondary N) is 1. The number of fused-ring (bicyclic) bond motifs is 10. The van der Waals surface area contributed by atoms with E-state index in [0.717, 1.165) is 94.3 Å². The Bertz CT molecular complexity index is 1910. The Morgan fingerprint density at radius 1 is 1.10 bits per heavy atom. The third-order valence-electron chi connectivity index (χ3n) is 9.12. The Kier molecular flexibility index (Phi) is 5.98. The maximum Gasteiger partial charge on any atom is 0.252 e. The highest BCUT2D eigenvalue weighted by Crippen LogP contribution is 2.47. The lowest BCUT2D eigenvalue weighted by atomic mass is 9.82. The van der Waals surface area contributed by atoms with Gasteiger partial charge in [-0.3, -0.25) is 14.3 Å². The van der Waals surface area contributed by atoms with Gasteiger partial charge in [-0.15, -0.1) is 11.3 Å². The number of carbonyl (C=O) groups excluding carboxylic acids is 2. The zero-order valence-electron chi connectivity index (χ0n) is 22.9. The number of hydrogen-bond acceptors (Lipinski definition) is 5. The minimum absolute atomic E-state index is 0.0111. The van der Waals surface area contributed by atoms with Gasteiger partial charge in [-0.2, -0.15) is 5.10 Å². The van der Waals surface area contributed by atoms with Crippen molar-refractivity contribution in [2.75, 3.05) is 19.6 Å². The summed E-state index contributed by atoms with van der Waals surface area (Å²) in [5, 5.41) is 12.1. The summed E-state index contributed by atoms with van der Waals surface area (Å²) in [4.78, 5) is 30.3. The maximum atomic E-state index is 13.6. The van der Waals surface area contributed by atoms with Crippen LogP contribution in [0.5, 0.6) is 0 Å². The molecule has 1 amide bonds. The smallest absolute Gasteiger partial charge is 0.252 e. The van der Waals surface area contributed by atoms with Crippen LogP contribution in [0.15, 0.2) is 40.3 Å². The lowest BCUT2D eigenvalue weighted by Gasteiger charge is -2.22. The minimum Gasteiger partial charge on any atom is -0.348 e. The van der Waals surface area contributed by atoms with Gasteiger partial charge in [0.1, 0.15) is 0 Å². The van der Waals surface area contributed by atoms with Crippen LogP contribution in [0.1, 0.15) is 62.2 Å². The number of nitrogens with zero attached hydrogens (tertiary/aromatic N) is 4. The van der Waals surface area contributed by atoms with Crippen LogP contribution in [0, 0.1) is 0 Å². The molecule has 0 spiro atoms. The molecule has 208 valence electrons. The Morgan fingerprint density at radius 2 is 1.95 bits per heavy atom. The molecule has 0 radical (unpaired) electrons. The molecule has 1 aliphatic carbocycles.